The maximum atomic E-state index is 3.78. The van der Waals surface area contributed by atoms with Crippen LogP contribution < -0.4 is 15.2 Å². The third-order valence-corrected chi connectivity index (χ3v) is 7.47. The van der Waals surface area contributed by atoms with Crippen LogP contribution in [0.15, 0.2) is 30.3 Å². The number of unbranched alkanes of at least 4 members (excludes halogenated alkanes) is 1. The Bertz CT molecular complexity index is 294. The minimum absolute atomic E-state index is 1.04. The van der Waals surface area contributed by atoms with Gasteiger partial charge in [-0.3, -0.25) is 0 Å². The first kappa shape index (κ1) is 14.4. The Labute approximate surface area is 107 Å². The Morgan fingerprint density at radius 3 is 2.00 bits per heavy atom. The van der Waals surface area contributed by atoms with Crippen molar-refractivity contribution in [3.63, 3.8) is 0 Å². The van der Waals surface area contributed by atoms with E-state index in [4.69, 9.17) is 0 Å². The van der Waals surface area contributed by atoms with Crippen LogP contribution in [0.25, 0.3) is 0 Å². The summed E-state index contributed by atoms with van der Waals surface area (Å²) >= 11 is 0. The molecule has 0 saturated heterocycles. The average molecular weight is 250 g/mol. The van der Waals surface area contributed by atoms with E-state index in [9.17, 15) is 0 Å². The molecule has 0 spiro atoms. The average Bonchev–Trinajstić information content (AvgIpc) is 2.37. The van der Waals surface area contributed by atoms with Crippen LogP contribution in [0.3, 0.4) is 0 Å². The van der Waals surface area contributed by atoms with E-state index in [0.29, 0.717) is 0 Å². The van der Waals surface area contributed by atoms with Crippen molar-refractivity contribution in [1.29, 1.82) is 0 Å². The van der Waals surface area contributed by atoms with Gasteiger partial charge in [0.05, 0.1) is 0 Å². The molecule has 1 rings (SSSR count). The van der Waals surface area contributed by atoms with Crippen molar-refractivity contribution in [2.45, 2.75) is 39.7 Å². The van der Waals surface area contributed by atoms with Crippen LogP contribution in [0.5, 0.6) is 0 Å². The Hall–Kier alpha value is -0.643. The zero-order valence-corrected chi connectivity index (χ0v) is 12.4. The smallest absolute Gasteiger partial charge is 0.234 e. The van der Waals surface area contributed by atoms with E-state index in [1.54, 1.807) is 0 Å². The molecule has 1 aromatic rings. The number of nitrogens with one attached hydrogen (secondary N) is 2. The van der Waals surface area contributed by atoms with Crippen LogP contribution in [0.2, 0.25) is 6.04 Å². The van der Waals surface area contributed by atoms with Crippen LogP contribution >= 0.6 is 0 Å². The molecule has 0 bridgehead atoms. The summed E-state index contributed by atoms with van der Waals surface area (Å²) in [7, 11) is -1.69. The van der Waals surface area contributed by atoms with Gasteiger partial charge in [0, 0.05) is 0 Å². The quantitative estimate of drug-likeness (QED) is 0.692. The van der Waals surface area contributed by atoms with Gasteiger partial charge in [-0.1, -0.05) is 63.9 Å². The highest BCUT2D eigenvalue weighted by Crippen LogP contribution is 2.09. The van der Waals surface area contributed by atoms with Crippen molar-refractivity contribution in [3.8, 4) is 0 Å². The van der Waals surface area contributed by atoms with Crippen molar-refractivity contribution in [2.75, 3.05) is 13.1 Å². The second kappa shape index (κ2) is 7.64. The van der Waals surface area contributed by atoms with Gasteiger partial charge >= 0.3 is 0 Å². The molecule has 0 radical (unpaired) electrons. The first-order valence-electron chi connectivity index (χ1n) is 6.84. The van der Waals surface area contributed by atoms with E-state index in [2.05, 4.69) is 61.1 Å². The molecule has 0 aliphatic heterocycles. The molecule has 2 N–H and O–H groups in total. The summed E-state index contributed by atoms with van der Waals surface area (Å²) in [5.74, 6) is 0. The standard InChI is InChI=1S/C14H26N2Si/c1-4-7-13-17(15-5-2,16-6-3)14-11-9-8-10-12-14/h8-12,15-16H,4-7,13H2,1-3H3. The van der Waals surface area contributed by atoms with Crippen LogP contribution in [-0.4, -0.2) is 21.5 Å². The highest BCUT2D eigenvalue weighted by molar-refractivity contribution is 6.87. The Kier molecular flexibility index (Phi) is 6.48. The molecule has 1 aromatic carbocycles. The Balaban J connectivity index is 2.95. The molecule has 96 valence electrons. The van der Waals surface area contributed by atoms with Gasteiger partial charge in [0.15, 0.2) is 0 Å². The maximum absolute atomic E-state index is 3.78. The predicted octanol–water partition coefficient (Wildman–Crippen LogP) is 2.35. The topological polar surface area (TPSA) is 24.1 Å². The lowest BCUT2D eigenvalue weighted by Gasteiger charge is -2.33. The summed E-state index contributed by atoms with van der Waals surface area (Å²) < 4.78 is 0. The molecular weight excluding hydrogens is 224 g/mol. The number of benzene rings is 1. The van der Waals surface area contributed by atoms with Gasteiger partial charge in [-0.25, -0.2) is 0 Å². The zero-order valence-electron chi connectivity index (χ0n) is 11.4. The van der Waals surface area contributed by atoms with E-state index >= 15 is 0 Å². The fourth-order valence-electron chi connectivity index (χ4n) is 2.36. The van der Waals surface area contributed by atoms with Gasteiger partial charge in [0.1, 0.15) is 0 Å². The molecule has 0 fully saturated rings. The normalized spacial score (nSPS) is 11.7. The fourth-order valence-corrected chi connectivity index (χ4v) is 6.38. The summed E-state index contributed by atoms with van der Waals surface area (Å²) in [6.07, 6.45) is 2.56. The van der Waals surface area contributed by atoms with Crippen molar-refractivity contribution in [1.82, 2.24) is 9.96 Å². The first-order chi connectivity index (χ1) is 8.29. The summed E-state index contributed by atoms with van der Waals surface area (Å²) in [6, 6.07) is 12.2. The molecule has 0 aliphatic carbocycles. The fraction of sp³-hybridized carbons (Fsp3) is 0.571. The van der Waals surface area contributed by atoms with Gasteiger partial charge in [0.2, 0.25) is 8.40 Å². The van der Waals surface area contributed by atoms with E-state index in [1.165, 1.54) is 24.1 Å². The van der Waals surface area contributed by atoms with Crippen LogP contribution in [0, 0.1) is 0 Å². The summed E-state index contributed by atoms with van der Waals surface area (Å²) in [6.45, 7) is 8.75. The van der Waals surface area contributed by atoms with Crippen LogP contribution in [0.4, 0.5) is 0 Å². The molecule has 0 atom stereocenters. The largest absolute Gasteiger partial charge is 0.322 e. The lowest BCUT2D eigenvalue weighted by molar-refractivity contribution is 0.797. The molecule has 0 heterocycles. The highest BCUT2D eigenvalue weighted by atomic mass is 28.3. The maximum Gasteiger partial charge on any atom is 0.234 e. The monoisotopic (exact) mass is 250 g/mol. The Morgan fingerprint density at radius 2 is 1.53 bits per heavy atom. The third kappa shape index (κ3) is 3.94. The van der Waals surface area contributed by atoms with E-state index < -0.39 is 8.40 Å². The summed E-state index contributed by atoms with van der Waals surface area (Å²) in [5.41, 5.74) is 0. The SMILES string of the molecule is CCCC[Si](NCC)(NCC)c1ccccc1. The molecule has 17 heavy (non-hydrogen) atoms. The van der Waals surface area contributed by atoms with Crippen LogP contribution in [-0.2, 0) is 0 Å². The van der Waals surface area contributed by atoms with Gasteiger partial charge < -0.3 is 9.96 Å². The number of hydrogen-bond donors (Lipinski definition) is 2. The lowest BCUT2D eigenvalue weighted by Crippen LogP contribution is -2.70. The molecular formula is C14H26N2Si. The lowest BCUT2D eigenvalue weighted by atomic mass is 10.4. The predicted molar refractivity (Wildman–Crippen MR) is 78.9 cm³/mol. The molecule has 0 unspecified atom stereocenters. The molecule has 0 saturated carbocycles. The number of rotatable bonds is 8. The van der Waals surface area contributed by atoms with E-state index in [0.717, 1.165) is 13.1 Å². The zero-order chi connectivity index (χ0) is 12.6. The molecule has 2 nitrogen and oxygen atoms in total. The molecule has 0 aromatic heterocycles. The van der Waals surface area contributed by atoms with E-state index in [-0.39, 0.29) is 0 Å². The highest BCUT2D eigenvalue weighted by Gasteiger charge is 2.33. The third-order valence-electron chi connectivity index (χ3n) is 3.13. The van der Waals surface area contributed by atoms with Crippen molar-refractivity contribution in [2.24, 2.45) is 0 Å². The Morgan fingerprint density at radius 1 is 0.941 bits per heavy atom. The first-order valence-corrected chi connectivity index (χ1v) is 9.05. The van der Waals surface area contributed by atoms with Gasteiger partial charge in [0.25, 0.3) is 0 Å². The second-order valence-electron chi connectivity index (χ2n) is 4.44. The van der Waals surface area contributed by atoms with Crippen molar-refractivity contribution >= 4 is 13.6 Å². The second-order valence-corrected chi connectivity index (χ2v) is 8.03. The number of hydrogen-bond acceptors (Lipinski definition) is 2. The van der Waals surface area contributed by atoms with Gasteiger partial charge in [-0.2, -0.15) is 0 Å². The minimum atomic E-state index is -1.69. The molecule has 0 aliphatic rings. The summed E-state index contributed by atoms with van der Waals surface area (Å²) in [4.78, 5) is 7.55. The van der Waals surface area contributed by atoms with Crippen molar-refractivity contribution in [3.05, 3.63) is 30.3 Å². The van der Waals surface area contributed by atoms with Crippen LogP contribution in [0.1, 0.15) is 33.6 Å². The van der Waals surface area contributed by atoms with Crippen molar-refractivity contribution < 1.29 is 0 Å². The van der Waals surface area contributed by atoms with Gasteiger partial charge in [-0.15, -0.1) is 0 Å². The minimum Gasteiger partial charge on any atom is -0.322 e. The molecule has 0 amide bonds. The molecule has 3 heteroatoms. The van der Waals surface area contributed by atoms with Gasteiger partial charge in [-0.05, 0) is 24.3 Å². The summed E-state index contributed by atoms with van der Waals surface area (Å²) in [5, 5.41) is 1.48. The van der Waals surface area contributed by atoms with E-state index in [1.807, 2.05) is 0 Å².